The molecular formula is C11H15ClN6O. The standard InChI is InChI=1S/C11H15ClN6O/c1-19-6-11-16-8(12)5-10(17-11)13-4-2-3-9-14-7-15-18-9/h5,7H,2-4,6H2,1H3,(H,13,16,17)(H,14,15,18). The molecule has 0 amide bonds. The highest BCUT2D eigenvalue weighted by Gasteiger charge is 2.03. The summed E-state index contributed by atoms with van der Waals surface area (Å²) >= 11 is 5.91. The molecule has 0 radical (unpaired) electrons. The highest BCUT2D eigenvalue weighted by atomic mass is 35.5. The molecule has 0 aliphatic rings. The van der Waals surface area contributed by atoms with E-state index in [9.17, 15) is 0 Å². The van der Waals surface area contributed by atoms with Crippen molar-refractivity contribution in [2.24, 2.45) is 0 Å². The van der Waals surface area contributed by atoms with Crippen LogP contribution >= 0.6 is 11.6 Å². The van der Waals surface area contributed by atoms with Gasteiger partial charge in [0.25, 0.3) is 0 Å². The van der Waals surface area contributed by atoms with E-state index in [2.05, 4.69) is 30.5 Å². The Morgan fingerprint density at radius 3 is 3.05 bits per heavy atom. The lowest BCUT2D eigenvalue weighted by Gasteiger charge is -2.07. The highest BCUT2D eigenvalue weighted by Crippen LogP contribution is 2.12. The van der Waals surface area contributed by atoms with Gasteiger partial charge in [0.05, 0.1) is 0 Å². The molecule has 0 unspecified atom stereocenters. The molecule has 2 N–H and O–H groups in total. The summed E-state index contributed by atoms with van der Waals surface area (Å²) in [5.41, 5.74) is 0. The maximum atomic E-state index is 5.91. The van der Waals surface area contributed by atoms with Crippen LogP contribution in [-0.2, 0) is 17.8 Å². The van der Waals surface area contributed by atoms with Crippen molar-refractivity contribution >= 4 is 17.4 Å². The second-order valence-corrected chi connectivity index (χ2v) is 4.27. The molecule has 0 bridgehead atoms. The van der Waals surface area contributed by atoms with Crippen molar-refractivity contribution in [3.05, 3.63) is 29.2 Å². The first-order valence-electron chi connectivity index (χ1n) is 5.88. The van der Waals surface area contributed by atoms with Crippen LogP contribution in [0.25, 0.3) is 0 Å². The Kier molecular flexibility index (Phi) is 5.05. The van der Waals surface area contributed by atoms with Gasteiger partial charge >= 0.3 is 0 Å². The molecule has 0 saturated carbocycles. The lowest BCUT2D eigenvalue weighted by Crippen LogP contribution is -2.07. The fourth-order valence-electron chi connectivity index (χ4n) is 1.57. The van der Waals surface area contributed by atoms with Crippen LogP contribution in [0.5, 0.6) is 0 Å². The number of rotatable bonds is 7. The molecule has 2 aromatic heterocycles. The molecule has 0 atom stereocenters. The maximum Gasteiger partial charge on any atom is 0.158 e. The van der Waals surface area contributed by atoms with Gasteiger partial charge in [-0.15, -0.1) is 0 Å². The van der Waals surface area contributed by atoms with E-state index in [1.807, 2.05) is 0 Å². The number of hydrogen-bond acceptors (Lipinski definition) is 6. The molecule has 0 spiro atoms. The lowest BCUT2D eigenvalue weighted by molar-refractivity contribution is 0.178. The second-order valence-electron chi connectivity index (χ2n) is 3.89. The van der Waals surface area contributed by atoms with Crippen LogP contribution in [0.2, 0.25) is 5.15 Å². The second kappa shape index (κ2) is 7.01. The summed E-state index contributed by atoms with van der Waals surface area (Å²) in [4.78, 5) is 12.4. The van der Waals surface area contributed by atoms with Crippen molar-refractivity contribution in [1.82, 2.24) is 25.1 Å². The summed E-state index contributed by atoms with van der Waals surface area (Å²) in [6.45, 7) is 1.10. The predicted molar refractivity (Wildman–Crippen MR) is 70.9 cm³/mol. The van der Waals surface area contributed by atoms with Crippen molar-refractivity contribution in [3.8, 4) is 0 Å². The Morgan fingerprint density at radius 1 is 1.42 bits per heavy atom. The third-order valence-corrected chi connectivity index (χ3v) is 2.57. The Labute approximate surface area is 115 Å². The number of anilines is 1. The van der Waals surface area contributed by atoms with Gasteiger partial charge in [0.1, 0.15) is 29.7 Å². The van der Waals surface area contributed by atoms with E-state index in [0.717, 1.165) is 25.2 Å². The van der Waals surface area contributed by atoms with Crippen LogP contribution in [0.4, 0.5) is 5.82 Å². The number of halogens is 1. The van der Waals surface area contributed by atoms with Crippen molar-refractivity contribution in [2.45, 2.75) is 19.4 Å². The van der Waals surface area contributed by atoms with Crippen molar-refractivity contribution in [2.75, 3.05) is 19.0 Å². The third kappa shape index (κ3) is 4.46. The minimum Gasteiger partial charge on any atom is -0.377 e. The zero-order valence-electron chi connectivity index (χ0n) is 10.6. The number of H-pyrrole nitrogens is 1. The Morgan fingerprint density at radius 2 is 2.32 bits per heavy atom. The first-order valence-corrected chi connectivity index (χ1v) is 6.26. The molecule has 102 valence electrons. The first kappa shape index (κ1) is 13.7. The molecule has 0 aliphatic carbocycles. The molecule has 2 aromatic rings. The van der Waals surface area contributed by atoms with Crippen LogP contribution in [0.3, 0.4) is 0 Å². The van der Waals surface area contributed by atoms with E-state index < -0.39 is 0 Å². The molecule has 0 fully saturated rings. The van der Waals surface area contributed by atoms with Crippen LogP contribution < -0.4 is 5.32 Å². The van der Waals surface area contributed by atoms with Crippen molar-refractivity contribution in [1.29, 1.82) is 0 Å². The number of nitrogens with zero attached hydrogens (tertiary/aromatic N) is 4. The van der Waals surface area contributed by atoms with E-state index in [1.165, 1.54) is 6.33 Å². The van der Waals surface area contributed by atoms with Gasteiger partial charge in [-0.25, -0.2) is 15.0 Å². The Bertz CT molecular complexity index is 504. The van der Waals surface area contributed by atoms with Crippen LogP contribution in [0, 0.1) is 0 Å². The summed E-state index contributed by atoms with van der Waals surface area (Å²) < 4.78 is 4.98. The Hall–Kier alpha value is -1.73. The lowest BCUT2D eigenvalue weighted by atomic mass is 10.3. The van der Waals surface area contributed by atoms with Gasteiger partial charge in [-0.1, -0.05) is 11.6 Å². The maximum absolute atomic E-state index is 5.91. The highest BCUT2D eigenvalue weighted by molar-refractivity contribution is 6.29. The minimum atomic E-state index is 0.341. The molecule has 0 aliphatic heterocycles. The summed E-state index contributed by atoms with van der Waals surface area (Å²) in [5, 5.41) is 10.2. The van der Waals surface area contributed by atoms with Gasteiger partial charge in [0.2, 0.25) is 0 Å². The molecule has 2 rings (SSSR count). The van der Waals surface area contributed by atoms with Gasteiger partial charge in [-0.2, -0.15) is 5.10 Å². The van der Waals surface area contributed by atoms with E-state index in [1.54, 1.807) is 13.2 Å². The van der Waals surface area contributed by atoms with E-state index in [-0.39, 0.29) is 0 Å². The number of aromatic amines is 1. The van der Waals surface area contributed by atoms with Gasteiger partial charge in [-0.3, -0.25) is 5.10 Å². The molecule has 0 aromatic carbocycles. The van der Waals surface area contributed by atoms with Gasteiger partial charge in [0, 0.05) is 26.1 Å². The average molecular weight is 283 g/mol. The van der Waals surface area contributed by atoms with E-state index >= 15 is 0 Å². The summed E-state index contributed by atoms with van der Waals surface area (Å²) in [6.07, 6.45) is 3.25. The average Bonchev–Trinajstić information content (AvgIpc) is 2.87. The normalized spacial score (nSPS) is 10.6. The quantitative estimate of drug-likeness (QED) is 0.590. The zero-order chi connectivity index (χ0) is 13.5. The minimum absolute atomic E-state index is 0.341. The fourth-order valence-corrected chi connectivity index (χ4v) is 1.77. The number of aromatic nitrogens is 5. The molecule has 0 saturated heterocycles. The molecule has 19 heavy (non-hydrogen) atoms. The topological polar surface area (TPSA) is 88.6 Å². The predicted octanol–water partition coefficient (Wildman–Crippen LogP) is 1.44. The number of aryl methyl sites for hydroxylation is 1. The number of ether oxygens (including phenoxy) is 1. The number of nitrogens with one attached hydrogen (secondary N) is 2. The molecular weight excluding hydrogens is 268 g/mol. The first-order chi connectivity index (χ1) is 9.28. The van der Waals surface area contributed by atoms with Gasteiger partial charge in [-0.05, 0) is 6.42 Å². The van der Waals surface area contributed by atoms with E-state index in [4.69, 9.17) is 16.3 Å². The van der Waals surface area contributed by atoms with E-state index in [0.29, 0.717) is 23.4 Å². The van der Waals surface area contributed by atoms with Crippen molar-refractivity contribution in [3.63, 3.8) is 0 Å². The van der Waals surface area contributed by atoms with Gasteiger partial charge in [0.15, 0.2) is 5.82 Å². The number of methoxy groups -OCH3 is 1. The molecule has 2 heterocycles. The van der Waals surface area contributed by atoms with Crippen molar-refractivity contribution < 1.29 is 4.74 Å². The van der Waals surface area contributed by atoms with Gasteiger partial charge < -0.3 is 10.1 Å². The fraction of sp³-hybridized carbons (Fsp3) is 0.455. The monoisotopic (exact) mass is 282 g/mol. The smallest absolute Gasteiger partial charge is 0.158 e. The Balaban J connectivity index is 1.81. The van der Waals surface area contributed by atoms with Crippen LogP contribution in [0.1, 0.15) is 18.1 Å². The molecule has 8 heteroatoms. The molecule has 7 nitrogen and oxygen atoms in total. The SMILES string of the molecule is COCc1nc(Cl)cc(NCCCc2ncn[nH]2)n1. The zero-order valence-corrected chi connectivity index (χ0v) is 11.3. The summed E-state index contributed by atoms with van der Waals surface area (Å²) in [5.74, 6) is 2.14. The van der Waals surface area contributed by atoms with Crippen LogP contribution in [-0.4, -0.2) is 38.8 Å². The number of hydrogen-bond donors (Lipinski definition) is 2. The third-order valence-electron chi connectivity index (χ3n) is 2.38. The largest absolute Gasteiger partial charge is 0.377 e. The van der Waals surface area contributed by atoms with Crippen LogP contribution in [0.15, 0.2) is 12.4 Å². The summed E-state index contributed by atoms with van der Waals surface area (Å²) in [7, 11) is 1.59. The summed E-state index contributed by atoms with van der Waals surface area (Å²) in [6, 6.07) is 1.69.